The van der Waals surface area contributed by atoms with Crippen LogP contribution < -0.4 is 9.47 Å². The number of ether oxygens (including phenoxy) is 2. The molecule has 4 nitrogen and oxygen atoms in total. The molecule has 1 aromatic carbocycles. The van der Waals surface area contributed by atoms with Gasteiger partial charge in [-0.1, -0.05) is 25.1 Å². The summed E-state index contributed by atoms with van der Waals surface area (Å²) in [6, 6.07) is 13.8. The van der Waals surface area contributed by atoms with Gasteiger partial charge in [-0.05, 0) is 53.4 Å². The summed E-state index contributed by atoms with van der Waals surface area (Å²) in [5.74, 6) is 1.30. The monoisotopic (exact) mass is 413 g/mol. The van der Waals surface area contributed by atoms with Crippen molar-refractivity contribution in [3.63, 3.8) is 0 Å². The summed E-state index contributed by atoms with van der Waals surface area (Å²) in [5.41, 5.74) is 1.25. The first-order chi connectivity index (χ1) is 13.8. The standard InChI is InChI=1S/C22H23NO3S2/c1-2-12-25-17-6-3-4-7-18(17)26-15-21(24)23-11-9-19-16(10-14-28-19)22(23)20-8-5-13-27-20/h3-8,10,13-14,22H,2,9,11-12,15H2,1H3/t22-/m1/s1. The van der Waals surface area contributed by atoms with Crippen LogP contribution in [0.1, 0.15) is 34.7 Å². The van der Waals surface area contributed by atoms with Crippen LogP contribution >= 0.6 is 22.7 Å². The van der Waals surface area contributed by atoms with Crippen molar-refractivity contribution in [3.05, 3.63) is 68.5 Å². The molecular weight excluding hydrogens is 390 g/mol. The van der Waals surface area contributed by atoms with Gasteiger partial charge in [0, 0.05) is 16.3 Å². The van der Waals surface area contributed by atoms with Gasteiger partial charge in [0.2, 0.25) is 0 Å². The topological polar surface area (TPSA) is 38.8 Å². The SMILES string of the molecule is CCCOc1ccccc1OCC(=O)N1CCc2sccc2[C@@H]1c1cccs1. The maximum absolute atomic E-state index is 13.1. The van der Waals surface area contributed by atoms with Gasteiger partial charge in [-0.2, -0.15) is 0 Å². The van der Waals surface area contributed by atoms with E-state index in [9.17, 15) is 4.79 Å². The Kier molecular flexibility index (Phi) is 5.98. The molecule has 3 aromatic rings. The molecule has 0 bridgehead atoms. The highest BCUT2D eigenvalue weighted by Crippen LogP contribution is 2.39. The van der Waals surface area contributed by atoms with Gasteiger partial charge in [0.05, 0.1) is 12.6 Å². The summed E-state index contributed by atoms with van der Waals surface area (Å²) in [6.07, 6.45) is 1.82. The molecule has 2 aromatic heterocycles. The molecule has 28 heavy (non-hydrogen) atoms. The molecule has 4 rings (SSSR count). The van der Waals surface area contributed by atoms with E-state index >= 15 is 0 Å². The number of benzene rings is 1. The lowest BCUT2D eigenvalue weighted by Crippen LogP contribution is -2.42. The Balaban J connectivity index is 1.50. The lowest BCUT2D eigenvalue weighted by atomic mass is 9.98. The van der Waals surface area contributed by atoms with Crippen LogP contribution in [0.15, 0.2) is 53.2 Å². The van der Waals surface area contributed by atoms with E-state index < -0.39 is 0 Å². The van der Waals surface area contributed by atoms with E-state index in [1.807, 2.05) is 35.2 Å². The number of nitrogens with zero attached hydrogens (tertiary/aromatic N) is 1. The fraction of sp³-hybridized carbons (Fsp3) is 0.318. The third-order valence-corrected chi connectivity index (χ3v) is 6.68. The van der Waals surface area contributed by atoms with Gasteiger partial charge in [-0.15, -0.1) is 22.7 Å². The number of hydrogen-bond acceptors (Lipinski definition) is 5. The van der Waals surface area contributed by atoms with E-state index in [0.29, 0.717) is 24.7 Å². The van der Waals surface area contributed by atoms with Crippen molar-refractivity contribution in [2.45, 2.75) is 25.8 Å². The van der Waals surface area contributed by atoms with Crippen LogP contribution in [0, 0.1) is 0 Å². The molecule has 0 aliphatic carbocycles. The molecular formula is C22H23NO3S2. The quantitative estimate of drug-likeness (QED) is 0.538. The smallest absolute Gasteiger partial charge is 0.261 e. The Morgan fingerprint density at radius 1 is 1.07 bits per heavy atom. The molecule has 0 saturated carbocycles. The minimum atomic E-state index is -0.0160. The third-order valence-electron chi connectivity index (χ3n) is 4.76. The summed E-state index contributed by atoms with van der Waals surface area (Å²) in [5, 5.41) is 4.19. The van der Waals surface area contributed by atoms with Crippen molar-refractivity contribution in [1.82, 2.24) is 4.90 Å². The van der Waals surface area contributed by atoms with E-state index in [4.69, 9.17) is 9.47 Å². The van der Waals surface area contributed by atoms with Gasteiger partial charge in [-0.25, -0.2) is 0 Å². The largest absolute Gasteiger partial charge is 0.490 e. The number of para-hydroxylation sites is 2. The van der Waals surface area contributed by atoms with Crippen molar-refractivity contribution in [3.8, 4) is 11.5 Å². The minimum Gasteiger partial charge on any atom is -0.490 e. The van der Waals surface area contributed by atoms with Crippen LogP contribution in [0.2, 0.25) is 0 Å². The van der Waals surface area contributed by atoms with E-state index in [0.717, 1.165) is 12.8 Å². The first kappa shape index (κ1) is 19.0. The summed E-state index contributed by atoms with van der Waals surface area (Å²) >= 11 is 3.47. The van der Waals surface area contributed by atoms with Crippen LogP contribution in [0.25, 0.3) is 0 Å². The fourth-order valence-corrected chi connectivity index (χ4v) is 5.22. The zero-order valence-electron chi connectivity index (χ0n) is 15.8. The highest BCUT2D eigenvalue weighted by atomic mass is 32.1. The highest BCUT2D eigenvalue weighted by Gasteiger charge is 2.33. The Hall–Kier alpha value is -2.31. The number of thiophene rings is 2. The van der Waals surface area contributed by atoms with Gasteiger partial charge in [0.1, 0.15) is 0 Å². The number of carbonyl (C=O) groups excluding carboxylic acids is 1. The first-order valence-electron chi connectivity index (χ1n) is 9.51. The Labute approximate surface area is 173 Å². The molecule has 0 spiro atoms. The highest BCUT2D eigenvalue weighted by molar-refractivity contribution is 7.10. The van der Waals surface area contributed by atoms with Crippen molar-refractivity contribution in [2.24, 2.45) is 0 Å². The molecule has 1 amide bonds. The zero-order valence-corrected chi connectivity index (χ0v) is 17.4. The number of fused-ring (bicyclic) bond motifs is 1. The number of rotatable bonds is 7. The molecule has 1 aliphatic rings. The molecule has 146 valence electrons. The maximum atomic E-state index is 13.1. The summed E-state index contributed by atoms with van der Waals surface area (Å²) in [6.45, 7) is 3.41. The summed E-state index contributed by atoms with van der Waals surface area (Å²) < 4.78 is 11.6. The van der Waals surface area contributed by atoms with Crippen molar-refractivity contribution in [2.75, 3.05) is 19.8 Å². The second-order valence-electron chi connectivity index (χ2n) is 6.64. The molecule has 3 heterocycles. The van der Waals surface area contributed by atoms with E-state index in [1.54, 1.807) is 22.7 Å². The van der Waals surface area contributed by atoms with Gasteiger partial charge in [0.25, 0.3) is 5.91 Å². The predicted molar refractivity (Wildman–Crippen MR) is 114 cm³/mol. The van der Waals surface area contributed by atoms with Crippen LogP contribution in [0.3, 0.4) is 0 Å². The van der Waals surface area contributed by atoms with Crippen LogP contribution in [0.5, 0.6) is 11.5 Å². The van der Waals surface area contributed by atoms with Crippen molar-refractivity contribution < 1.29 is 14.3 Å². The fourth-order valence-electron chi connectivity index (χ4n) is 3.46. The third kappa shape index (κ3) is 3.93. The van der Waals surface area contributed by atoms with Crippen molar-refractivity contribution in [1.29, 1.82) is 0 Å². The van der Waals surface area contributed by atoms with Gasteiger partial charge in [-0.3, -0.25) is 4.79 Å². The lowest BCUT2D eigenvalue weighted by Gasteiger charge is -2.35. The van der Waals surface area contributed by atoms with Gasteiger partial charge in [0.15, 0.2) is 18.1 Å². The molecule has 0 radical (unpaired) electrons. The molecule has 1 atom stereocenters. The lowest BCUT2D eigenvalue weighted by molar-refractivity contribution is -0.135. The Morgan fingerprint density at radius 2 is 1.89 bits per heavy atom. The zero-order chi connectivity index (χ0) is 19.3. The molecule has 0 saturated heterocycles. The average molecular weight is 414 g/mol. The molecule has 0 N–H and O–H groups in total. The van der Waals surface area contributed by atoms with Gasteiger partial charge >= 0.3 is 0 Å². The normalized spacial score (nSPS) is 15.9. The molecule has 0 unspecified atom stereocenters. The predicted octanol–water partition coefficient (Wildman–Crippen LogP) is 5.15. The summed E-state index contributed by atoms with van der Waals surface area (Å²) in [7, 11) is 0. The van der Waals surface area contributed by atoms with Gasteiger partial charge < -0.3 is 14.4 Å². The number of amides is 1. The maximum Gasteiger partial charge on any atom is 0.261 e. The molecule has 6 heteroatoms. The minimum absolute atomic E-state index is 0.000504. The van der Waals surface area contributed by atoms with Crippen molar-refractivity contribution >= 4 is 28.6 Å². The van der Waals surface area contributed by atoms with E-state index in [-0.39, 0.29) is 18.6 Å². The Morgan fingerprint density at radius 3 is 2.64 bits per heavy atom. The second kappa shape index (κ2) is 8.80. The Bertz CT molecular complexity index is 920. The molecule has 1 aliphatic heterocycles. The summed E-state index contributed by atoms with van der Waals surface area (Å²) in [4.78, 5) is 17.6. The second-order valence-corrected chi connectivity index (χ2v) is 8.62. The molecule has 0 fully saturated rings. The van der Waals surface area contributed by atoms with Crippen LogP contribution in [0.4, 0.5) is 0 Å². The van der Waals surface area contributed by atoms with E-state index in [2.05, 4.69) is 29.8 Å². The number of carbonyl (C=O) groups is 1. The number of hydrogen-bond donors (Lipinski definition) is 0. The first-order valence-corrected chi connectivity index (χ1v) is 11.3. The van der Waals surface area contributed by atoms with Crippen LogP contribution in [-0.4, -0.2) is 30.6 Å². The van der Waals surface area contributed by atoms with E-state index in [1.165, 1.54) is 15.3 Å². The van der Waals surface area contributed by atoms with Crippen LogP contribution in [-0.2, 0) is 11.2 Å². The average Bonchev–Trinajstić information content (AvgIpc) is 3.42.